The van der Waals surface area contributed by atoms with Crippen LogP contribution in [0.25, 0.3) is 0 Å². The lowest BCUT2D eigenvalue weighted by atomic mass is 9.71. The summed E-state index contributed by atoms with van der Waals surface area (Å²) in [4.78, 5) is 23.7. The number of rotatable bonds is 4. The molecule has 3 atom stereocenters. The van der Waals surface area contributed by atoms with Crippen molar-refractivity contribution in [3.8, 4) is 11.5 Å². The maximum Gasteiger partial charge on any atom is 0.338 e. The summed E-state index contributed by atoms with van der Waals surface area (Å²) in [7, 11) is 1.47. The molecule has 0 N–H and O–H groups in total. The van der Waals surface area contributed by atoms with E-state index in [0.29, 0.717) is 23.0 Å². The van der Waals surface area contributed by atoms with E-state index in [-0.39, 0.29) is 22.9 Å². The van der Waals surface area contributed by atoms with Crippen LogP contribution in [0.1, 0.15) is 57.3 Å². The Bertz CT molecular complexity index is 705. The second kappa shape index (κ2) is 6.04. The first-order valence-corrected chi connectivity index (χ1v) is 8.75. The van der Waals surface area contributed by atoms with Gasteiger partial charge in [0.05, 0.1) is 12.7 Å². The molecule has 0 radical (unpaired) electrons. The van der Waals surface area contributed by atoms with Crippen LogP contribution in [0.3, 0.4) is 0 Å². The van der Waals surface area contributed by atoms with Gasteiger partial charge in [-0.2, -0.15) is 0 Å². The van der Waals surface area contributed by atoms with Gasteiger partial charge in [0, 0.05) is 12.8 Å². The van der Waals surface area contributed by atoms with Gasteiger partial charge in [0.1, 0.15) is 6.10 Å². The third-order valence-corrected chi connectivity index (χ3v) is 6.50. The zero-order valence-electron chi connectivity index (χ0n) is 15.5. The molecule has 1 aromatic rings. The molecule has 3 rings (SSSR count). The number of ether oxygens (including phenoxy) is 3. The minimum Gasteiger partial charge on any atom is -0.493 e. The van der Waals surface area contributed by atoms with E-state index < -0.39 is 5.97 Å². The summed E-state index contributed by atoms with van der Waals surface area (Å²) in [6.45, 7) is 8.20. The van der Waals surface area contributed by atoms with Gasteiger partial charge in [0.25, 0.3) is 0 Å². The van der Waals surface area contributed by atoms with Crippen LogP contribution >= 0.6 is 0 Å². The number of hydrogen-bond donors (Lipinski definition) is 0. The fraction of sp³-hybridized carbons (Fsp3) is 0.600. The van der Waals surface area contributed by atoms with Gasteiger partial charge in [-0.3, -0.25) is 4.79 Å². The summed E-state index contributed by atoms with van der Waals surface area (Å²) in [5.74, 6) is 0.240. The number of carbonyl (C=O) groups is 2. The number of methoxy groups -OCH3 is 1. The molecule has 2 saturated carbocycles. The molecule has 0 amide bonds. The van der Waals surface area contributed by atoms with Crippen molar-refractivity contribution in [3.05, 3.63) is 23.8 Å². The molecule has 0 unspecified atom stereocenters. The van der Waals surface area contributed by atoms with Crippen LogP contribution in [0.2, 0.25) is 0 Å². The smallest absolute Gasteiger partial charge is 0.338 e. The predicted octanol–water partition coefficient (Wildman–Crippen LogP) is 3.99. The zero-order valence-corrected chi connectivity index (χ0v) is 15.5. The molecular weight excluding hydrogens is 320 g/mol. The van der Waals surface area contributed by atoms with Crippen LogP contribution in [0.4, 0.5) is 0 Å². The van der Waals surface area contributed by atoms with Gasteiger partial charge in [-0.25, -0.2) is 4.79 Å². The fourth-order valence-electron chi connectivity index (χ4n) is 4.57. The molecule has 5 nitrogen and oxygen atoms in total. The van der Waals surface area contributed by atoms with E-state index in [0.717, 1.165) is 12.8 Å². The number of fused-ring (bicyclic) bond motifs is 2. The molecule has 25 heavy (non-hydrogen) atoms. The van der Waals surface area contributed by atoms with E-state index >= 15 is 0 Å². The lowest BCUT2D eigenvalue weighted by Crippen LogP contribution is -2.28. The molecule has 5 heteroatoms. The summed E-state index contributed by atoms with van der Waals surface area (Å²) < 4.78 is 16.1. The highest BCUT2D eigenvalue weighted by molar-refractivity contribution is 5.90. The summed E-state index contributed by atoms with van der Waals surface area (Å²) in [6, 6.07) is 4.72. The van der Waals surface area contributed by atoms with Crippen molar-refractivity contribution in [3.63, 3.8) is 0 Å². The molecule has 0 heterocycles. The summed E-state index contributed by atoms with van der Waals surface area (Å²) in [5, 5.41) is 0. The Hall–Kier alpha value is -2.04. The van der Waals surface area contributed by atoms with Crippen molar-refractivity contribution in [2.75, 3.05) is 7.11 Å². The standard InChI is InChI=1S/C20H26O5/c1-12(21)24-15-7-6-13(10-16(15)23-5)18(22)25-17-11-20(4)9-8-14(17)19(20,2)3/h6-7,10,14,17H,8-9,11H2,1-5H3/t14-,17+,20-/m0/s1. The van der Waals surface area contributed by atoms with Crippen LogP contribution < -0.4 is 9.47 Å². The van der Waals surface area contributed by atoms with E-state index in [9.17, 15) is 9.59 Å². The van der Waals surface area contributed by atoms with E-state index in [1.165, 1.54) is 20.5 Å². The van der Waals surface area contributed by atoms with Crippen LogP contribution in [-0.2, 0) is 9.53 Å². The third kappa shape index (κ3) is 2.90. The van der Waals surface area contributed by atoms with Gasteiger partial charge in [0.15, 0.2) is 11.5 Å². The van der Waals surface area contributed by atoms with Crippen molar-refractivity contribution in [2.24, 2.45) is 16.7 Å². The normalized spacial score (nSPS) is 29.3. The Labute approximate surface area is 148 Å². The molecule has 2 bridgehead atoms. The number of hydrogen-bond acceptors (Lipinski definition) is 5. The quantitative estimate of drug-likeness (QED) is 0.609. The lowest BCUT2D eigenvalue weighted by Gasteiger charge is -2.33. The van der Waals surface area contributed by atoms with Crippen molar-refractivity contribution >= 4 is 11.9 Å². The molecule has 2 aliphatic rings. The van der Waals surface area contributed by atoms with Crippen LogP contribution in [0.15, 0.2) is 18.2 Å². The third-order valence-electron chi connectivity index (χ3n) is 6.50. The Morgan fingerprint density at radius 1 is 1.16 bits per heavy atom. The van der Waals surface area contributed by atoms with Crippen molar-refractivity contribution in [1.82, 2.24) is 0 Å². The largest absolute Gasteiger partial charge is 0.493 e. The Morgan fingerprint density at radius 3 is 2.40 bits per heavy atom. The van der Waals surface area contributed by atoms with E-state index in [2.05, 4.69) is 20.8 Å². The zero-order chi connectivity index (χ0) is 18.4. The van der Waals surface area contributed by atoms with Gasteiger partial charge in [-0.1, -0.05) is 20.8 Å². The number of carbonyl (C=O) groups excluding carboxylic acids is 2. The molecule has 0 spiro atoms. The van der Waals surface area contributed by atoms with Crippen molar-refractivity contribution in [1.29, 1.82) is 0 Å². The van der Waals surface area contributed by atoms with Gasteiger partial charge in [-0.05, 0) is 48.3 Å². The Kier molecular flexibility index (Phi) is 4.30. The summed E-state index contributed by atoms with van der Waals surface area (Å²) in [6.07, 6.45) is 3.18. The maximum absolute atomic E-state index is 12.6. The molecular formula is C20H26O5. The van der Waals surface area contributed by atoms with Crippen molar-refractivity contribution in [2.45, 2.75) is 53.1 Å². The van der Waals surface area contributed by atoms with E-state index in [4.69, 9.17) is 14.2 Å². The van der Waals surface area contributed by atoms with Gasteiger partial charge < -0.3 is 14.2 Å². The molecule has 0 aromatic heterocycles. The molecule has 0 aliphatic heterocycles. The Balaban J connectivity index is 1.75. The minimum atomic E-state index is -0.439. The SMILES string of the molecule is COc1cc(C(=O)O[C@@H]2C[C@]3(C)CC[C@@H]2C3(C)C)ccc1OC(C)=O. The minimum absolute atomic E-state index is 0.0413. The first kappa shape index (κ1) is 17.8. The van der Waals surface area contributed by atoms with Crippen LogP contribution in [0, 0.1) is 16.7 Å². The fourth-order valence-corrected chi connectivity index (χ4v) is 4.57. The van der Waals surface area contributed by atoms with E-state index in [1.807, 2.05) is 0 Å². The predicted molar refractivity (Wildman–Crippen MR) is 92.7 cm³/mol. The van der Waals surface area contributed by atoms with Crippen LogP contribution in [0.5, 0.6) is 11.5 Å². The second-order valence-corrected chi connectivity index (χ2v) is 8.03. The first-order valence-electron chi connectivity index (χ1n) is 8.75. The number of benzene rings is 1. The highest BCUT2D eigenvalue weighted by Gasteiger charge is 2.61. The van der Waals surface area contributed by atoms with Gasteiger partial charge in [-0.15, -0.1) is 0 Å². The van der Waals surface area contributed by atoms with Crippen LogP contribution in [-0.4, -0.2) is 25.2 Å². The van der Waals surface area contributed by atoms with Gasteiger partial charge in [0.2, 0.25) is 0 Å². The lowest BCUT2D eigenvalue weighted by molar-refractivity contribution is -0.132. The average Bonchev–Trinajstić information content (AvgIpc) is 2.87. The topological polar surface area (TPSA) is 61.8 Å². The molecule has 0 saturated heterocycles. The second-order valence-electron chi connectivity index (χ2n) is 8.03. The molecule has 2 fully saturated rings. The average molecular weight is 346 g/mol. The maximum atomic E-state index is 12.6. The molecule has 136 valence electrons. The summed E-state index contributed by atoms with van der Waals surface area (Å²) in [5.41, 5.74) is 0.826. The highest BCUT2D eigenvalue weighted by Crippen LogP contribution is 2.66. The first-order chi connectivity index (χ1) is 11.7. The molecule has 1 aromatic carbocycles. The Morgan fingerprint density at radius 2 is 1.88 bits per heavy atom. The molecule has 2 aliphatic carbocycles. The van der Waals surface area contributed by atoms with Crippen molar-refractivity contribution < 1.29 is 23.8 Å². The number of esters is 2. The van der Waals surface area contributed by atoms with Gasteiger partial charge >= 0.3 is 11.9 Å². The summed E-state index contributed by atoms with van der Waals surface area (Å²) >= 11 is 0. The highest BCUT2D eigenvalue weighted by atomic mass is 16.6. The van der Waals surface area contributed by atoms with E-state index in [1.54, 1.807) is 18.2 Å². The monoisotopic (exact) mass is 346 g/mol.